The zero-order valence-electron chi connectivity index (χ0n) is 10.7. The van der Waals surface area contributed by atoms with Gasteiger partial charge in [0.25, 0.3) is 5.22 Å². The van der Waals surface area contributed by atoms with Crippen LogP contribution in [0.1, 0.15) is 11.5 Å². The van der Waals surface area contributed by atoms with Gasteiger partial charge in [-0.25, -0.2) is 4.98 Å². The number of nitrogens with two attached hydrogens (primary N) is 1. The highest BCUT2D eigenvalue weighted by molar-refractivity contribution is 7.99. The lowest BCUT2D eigenvalue weighted by atomic mass is 10.2. The van der Waals surface area contributed by atoms with Gasteiger partial charge in [-0.2, -0.15) is 0 Å². The molecule has 0 aliphatic carbocycles. The number of oxazole rings is 1. The van der Waals surface area contributed by atoms with Crippen molar-refractivity contribution in [3.05, 3.63) is 41.9 Å². The van der Waals surface area contributed by atoms with Gasteiger partial charge in [-0.3, -0.25) is 4.98 Å². The molecule has 0 unspecified atom stereocenters. The summed E-state index contributed by atoms with van der Waals surface area (Å²) in [5.41, 5.74) is 8.35. The van der Waals surface area contributed by atoms with Gasteiger partial charge in [-0.05, 0) is 43.8 Å². The molecule has 0 atom stereocenters. The molecule has 3 aromatic rings. The number of benzene rings is 1. The Labute approximate surface area is 115 Å². The summed E-state index contributed by atoms with van der Waals surface area (Å²) in [5, 5.41) is 1.66. The first-order valence-corrected chi connectivity index (χ1v) is 6.72. The molecule has 0 aliphatic heterocycles. The van der Waals surface area contributed by atoms with Crippen LogP contribution in [-0.4, -0.2) is 9.97 Å². The molecule has 3 rings (SSSR count). The van der Waals surface area contributed by atoms with Crippen molar-refractivity contribution in [2.45, 2.75) is 24.0 Å². The van der Waals surface area contributed by atoms with Crippen LogP contribution in [0.25, 0.3) is 10.9 Å². The van der Waals surface area contributed by atoms with E-state index in [0.29, 0.717) is 10.9 Å². The van der Waals surface area contributed by atoms with E-state index in [0.717, 1.165) is 27.3 Å². The van der Waals surface area contributed by atoms with Crippen molar-refractivity contribution in [3.8, 4) is 0 Å². The number of aryl methyl sites for hydroxylation is 2. The van der Waals surface area contributed by atoms with E-state index in [1.807, 2.05) is 38.1 Å². The van der Waals surface area contributed by atoms with Crippen LogP contribution in [0.4, 0.5) is 5.69 Å². The minimum absolute atomic E-state index is 0.643. The number of aromatic nitrogens is 2. The molecule has 2 N–H and O–H groups in total. The lowest BCUT2D eigenvalue weighted by molar-refractivity contribution is 0.431. The summed E-state index contributed by atoms with van der Waals surface area (Å²) >= 11 is 1.49. The molecule has 0 saturated heterocycles. The quantitative estimate of drug-likeness (QED) is 0.722. The van der Waals surface area contributed by atoms with Crippen molar-refractivity contribution in [1.29, 1.82) is 0 Å². The van der Waals surface area contributed by atoms with E-state index in [1.54, 1.807) is 6.20 Å². The van der Waals surface area contributed by atoms with Crippen LogP contribution >= 0.6 is 11.8 Å². The Morgan fingerprint density at radius 1 is 1.21 bits per heavy atom. The van der Waals surface area contributed by atoms with Crippen molar-refractivity contribution in [2.24, 2.45) is 0 Å². The molecule has 0 amide bonds. The molecule has 0 aliphatic rings. The monoisotopic (exact) mass is 271 g/mol. The third-order valence-corrected chi connectivity index (χ3v) is 3.89. The first-order chi connectivity index (χ1) is 9.15. The van der Waals surface area contributed by atoms with E-state index in [4.69, 9.17) is 10.2 Å². The smallest absolute Gasteiger partial charge is 0.261 e. The summed E-state index contributed by atoms with van der Waals surface area (Å²) in [4.78, 5) is 9.74. The summed E-state index contributed by atoms with van der Waals surface area (Å²) in [5.74, 6) is 0.848. The average Bonchev–Trinajstić information content (AvgIpc) is 2.72. The summed E-state index contributed by atoms with van der Waals surface area (Å²) < 4.78 is 5.60. The maximum atomic E-state index is 5.94. The number of nitrogen functional groups attached to an aromatic ring is 1. The average molecular weight is 271 g/mol. The standard InChI is InChI=1S/C14H13N3OS/c1-8-9(2)18-14(17-8)19-12-6-5-11(15)13-10(12)4-3-7-16-13/h3-7H,15H2,1-2H3. The van der Waals surface area contributed by atoms with E-state index >= 15 is 0 Å². The fourth-order valence-electron chi connectivity index (χ4n) is 1.84. The molecule has 0 saturated carbocycles. The van der Waals surface area contributed by atoms with Gasteiger partial charge in [-0.15, -0.1) is 0 Å². The Balaban J connectivity index is 2.08. The van der Waals surface area contributed by atoms with Crippen molar-refractivity contribution < 1.29 is 4.42 Å². The number of rotatable bonds is 2. The minimum atomic E-state index is 0.643. The number of anilines is 1. The van der Waals surface area contributed by atoms with E-state index in [-0.39, 0.29) is 0 Å². The predicted octanol–water partition coefficient (Wildman–Crippen LogP) is 3.57. The maximum Gasteiger partial charge on any atom is 0.261 e. The molecule has 19 heavy (non-hydrogen) atoms. The molecule has 0 bridgehead atoms. The van der Waals surface area contributed by atoms with Crippen LogP contribution in [0.5, 0.6) is 0 Å². The highest BCUT2D eigenvalue weighted by atomic mass is 32.2. The summed E-state index contributed by atoms with van der Waals surface area (Å²) in [7, 11) is 0. The topological polar surface area (TPSA) is 64.9 Å². The molecule has 0 fully saturated rings. The van der Waals surface area contributed by atoms with Crippen LogP contribution in [0.3, 0.4) is 0 Å². The zero-order valence-corrected chi connectivity index (χ0v) is 11.5. The third-order valence-electron chi connectivity index (χ3n) is 2.97. The van der Waals surface area contributed by atoms with Gasteiger partial charge >= 0.3 is 0 Å². The molecule has 0 radical (unpaired) electrons. The molecule has 2 aromatic heterocycles. The van der Waals surface area contributed by atoms with Crippen molar-refractivity contribution in [2.75, 3.05) is 5.73 Å². The van der Waals surface area contributed by atoms with Gasteiger partial charge in [0.15, 0.2) is 0 Å². The highest BCUT2D eigenvalue weighted by Crippen LogP contribution is 2.35. The number of pyridine rings is 1. The second-order valence-corrected chi connectivity index (χ2v) is 5.27. The Bertz CT molecular complexity index is 732. The van der Waals surface area contributed by atoms with Crippen LogP contribution in [0, 0.1) is 13.8 Å². The summed E-state index contributed by atoms with van der Waals surface area (Å²) in [6.45, 7) is 3.85. The SMILES string of the molecule is Cc1nc(Sc2ccc(N)c3ncccc23)oc1C. The molecule has 5 heteroatoms. The Kier molecular flexibility index (Phi) is 2.91. The summed E-state index contributed by atoms with van der Waals surface area (Å²) in [6, 6.07) is 7.74. The molecule has 1 aromatic carbocycles. The Hall–Kier alpha value is -2.01. The lowest BCUT2D eigenvalue weighted by Crippen LogP contribution is -1.90. The van der Waals surface area contributed by atoms with Gasteiger partial charge < -0.3 is 10.2 Å². The number of hydrogen-bond donors (Lipinski definition) is 1. The van der Waals surface area contributed by atoms with Crippen molar-refractivity contribution in [1.82, 2.24) is 9.97 Å². The van der Waals surface area contributed by atoms with Crippen LogP contribution < -0.4 is 5.73 Å². The Morgan fingerprint density at radius 3 is 2.79 bits per heavy atom. The third kappa shape index (κ3) is 2.17. The van der Waals surface area contributed by atoms with E-state index in [9.17, 15) is 0 Å². The Morgan fingerprint density at radius 2 is 2.05 bits per heavy atom. The van der Waals surface area contributed by atoms with E-state index in [1.165, 1.54) is 11.8 Å². The minimum Gasteiger partial charge on any atom is -0.436 e. The second-order valence-electron chi connectivity index (χ2n) is 4.28. The molecule has 96 valence electrons. The highest BCUT2D eigenvalue weighted by Gasteiger charge is 2.11. The van der Waals surface area contributed by atoms with Gasteiger partial charge in [0.2, 0.25) is 0 Å². The van der Waals surface area contributed by atoms with Gasteiger partial charge in [0.1, 0.15) is 5.76 Å². The molecule has 2 heterocycles. The number of nitrogens with zero attached hydrogens (tertiary/aromatic N) is 2. The molecule has 0 spiro atoms. The van der Waals surface area contributed by atoms with Crippen LogP contribution in [0.2, 0.25) is 0 Å². The number of fused-ring (bicyclic) bond motifs is 1. The van der Waals surface area contributed by atoms with Gasteiger partial charge in [0, 0.05) is 16.5 Å². The van der Waals surface area contributed by atoms with Gasteiger partial charge in [0.05, 0.1) is 16.9 Å². The molecule has 4 nitrogen and oxygen atoms in total. The van der Waals surface area contributed by atoms with Crippen molar-refractivity contribution >= 4 is 28.4 Å². The zero-order chi connectivity index (χ0) is 13.4. The normalized spacial score (nSPS) is 11.1. The van der Waals surface area contributed by atoms with E-state index < -0.39 is 0 Å². The number of hydrogen-bond acceptors (Lipinski definition) is 5. The van der Waals surface area contributed by atoms with Crippen LogP contribution in [-0.2, 0) is 0 Å². The maximum absolute atomic E-state index is 5.94. The largest absolute Gasteiger partial charge is 0.436 e. The molecular weight excluding hydrogens is 258 g/mol. The van der Waals surface area contributed by atoms with Gasteiger partial charge in [-0.1, -0.05) is 6.07 Å². The first-order valence-electron chi connectivity index (χ1n) is 5.90. The van der Waals surface area contributed by atoms with E-state index in [2.05, 4.69) is 9.97 Å². The fourth-order valence-corrected chi connectivity index (χ4v) is 2.79. The second kappa shape index (κ2) is 4.59. The van der Waals surface area contributed by atoms with Crippen LogP contribution in [0.15, 0.2) is 45.0 Å². The molecular formula is C14H13N3OS. The summed E-state index contributed by atoms with van der Waals surface area (Å²) in [6.07, 6.45) is 1.74. The lowest BCUT2D eigenvalue weighted by Gasteiger charge is -2.05. The predicted molar refractivity (Wildman–Crippen MR) is 76.3 cm³/mol. The fraction of sp³-hybridized carbons (Fsp3) is 0.143. The van der Waals surface area contributed by atoms with Crippen molar-refractivity contribution in [3.63, 3.8) is 0 Å². The first kappa shape index (κ1) is 12.0.